The summed E-state index contributed by atoms with van der Waals surface area (Å²) in [6, 6.07) is 6.19. The van der Waals surface area contributed by atoms with E-state index in [1.807, 2.05) is 0 Å². The highest BCUT2D eigenvalue weighted by molar-refractivity contribution is 7.91. The first-order chi connectivity index (χ1) is 13.2. The van der Waals surface area contributed by atoms with E-state index in [1.165, 1.54) is 22.7 Å². The number of sulfonamides is 1. The van der Waals surface area contributed by atoms with E-state index >= 15 is 0 Å². The van der Waals surface area contributed by atoms with Crippen molar-refractivity contribution in [2.45, 2.75) is 29.8 Å². The van der Waals surface area contributed by atoms with Crippen LogP contribution >= 0.6 is 11.3 Å². The van der Waals surface area contributed by atoms with Gasteiger partial charge in [0, 0.05) is 19.0 Å². The number of thiophene rings is 1. The average molecular weight is 436 g/mol. The van der Waals surface area contributed by atoms with Gasteiger partial charge in [0.2, 0.25) is 5.91 Å². The van der Waals surface area contributed by atoms with Crippen molar-refractivity contribution < 1.29 is 30.8 Å². The largest absolute Gasteiger partial charge is 0.467 e. The summed E-state index contributed by atoms with van der Waals surface area (Å²) in [6.07, 6.45) is -2.85. The van der Waals surface area contributed by atoms with Crippen molar-refractivity contribution in [1.29, 1.82) is 0 Å². The van der Waals surface area contributed by atoms with Crippen molar-refractivity contribution in [3.8, 4) is 0 Å². The Morgan fingerprint density at radius 3 is 2.50 bits per heavy atom. The number of nitrogens with zero attached hydrogens (tertiary/aromatic N) is 2. The standard InChI is InChI=1S/C17H19F3N2O4S2/c18-17(19,20)12-21(11-14-3-1-9-26-14)16(23)13-5-7-22(8-6-13)28(24,25)15-4-2-10-27-15/h1-4,9-10,13H,5-8,11-12H2. The van der Waals surface area contributed by atoms with Crippen LogP contribution < -0.4 is 0 Å². The fourth-order valence-electron chi connectivity index (χ4n) is 3.16. The van der Waals surface area contributed by atoms with Crippen LogP contribution in [0, 0.1) is 5.92 Å². The number of hydrogen-bond acceptors (Lipinski definition) is 5. The molecule has 0 atom stereocenters. The van der Waals surface area contributed by atoms with Gasteiger partial charge in [-0.3, -0.25) is 4.79 Å². The molecule has 0 radical (unpaired) electrons. The number of furan rings is 1. The van der Waals surface area contributed by atoms with Crippen molar-refractivity contribution in [3.05, 3.63) is 41.7 Å². The monoisotopic (exact) mass is 436 g/mol. The molecule has 0 N–H and O–H groups in total. The normalized spacial score (nSPS) is 17.0. The van der Waals surface area contributed by atoms with Gasteiger partial charge in [0.15, 0.2) is 0 Å². The molecule has 3 rings (SSSR count). The van der Waals surface area contributed by atoms with E-state index in [4.69, 9.17) is 4.42 Å². The van der Waals surface area contributed by atoms with Gasteiger partial charge in [-0.15, -0.1) is 11.3 Å². The Balaban J connectivity index is 1.66. The Hall–Kier alpha value is -1.85. The zero-order valence-electron chi connectivity index (χ0n) is 14.8. The third-order valence-corrected chi connectivity index (χ3v) is 7.77. The molecule has 1 aliphatic rings. The summed E-state index contributed by atoms with van der Waals surface area (Å²) in [6.45, 7) is -1.46. The maximum Gasteiger partial charge on any atom is 0.406 e. The minimum atomic E-state index is -4.54. The van der Waals surface area contributed by atoms with Gasteiger partial charge in [0.05, 0.1) is 12.8 Å². The fraction of sp³-hybridized carbons (Fsp3) is 0.471. The summed E-state index contributed by atoms with van der Waals surface area (Å²) in [7, 11) is -3.63. The third kappa shape index (κ3) is 4.95. The highest BCUT2D eigenvalue weighted by Gasteiger charge is 2.38. The summed E-state index contributed by atoms with van der Waals surface area (Å²) < 4.78 is 70.4. The number of halogens is 3. The van der Waals surface area contributed by atoms with E-state index in [2.05, 4.69) is 0 Å². The van der Waals surface area contributed by atoms with E-state index in [-0.39, 0.29) is 42.4 Å². The molecule has 11 heteroatoms. The van der Waals surface area contributed by atoms with Crippen molar-refractivity contribution in [2.24, 2.45) is 5.92 Å². The van der Waals surface area contributed by atoms with Crippen LogP contribution in [-0.4, -0.2) is 49.3 Å². The number of amides is 1. The molecule has 6 nitrogen and oxygen atoms in total. The summed E-state index contributed by atoms with van der Waals surface area (Å²) >= 11 is 1.10. The van der Waals surface area contributed by atoms with E-state index in [0.29, 0.717) is 0 Å². The smallest absolute Gasteiger partial charge is 0.406 e. The number of piperidine rings is 1. The predicted molar refractivity (Wildman–Crippen MR) is 96.0 cm³/mol. The van der Waals surface area contributed by atoms with Crippen LogP contribution in [-0.2, 0) is 21.4 Å². The summed E-state index contributed by atoms with van der Waals surface area (Å²) in [4.78, 5) is 13.4. The zero-order valence-corrected chi connectivity index (χ0v) is 16.4. The van der Waals surface area contributed by atoms with Gasteiger partial charge in [0.1, 0.15) is 16.5 Å². The van der Waals surface area contributed by atoms with Gasteiger partial charge in [-0.25, -0.2) is 8.42 Å². The van der Waals surface area contributed by atoms with E-state index < -0.39 is 34.6 Å². The Morgan fingerprint density at radius 1 is 1.25 bits per heavy atom. The van der Waals surface area contributed by atoms with Gasteiger partial charge in [-0.2, -0.15) is 17.5 Å². The van der Waals surface area contributed by atoms with Crippen LogP contribution in [0.5, 0.6) is 0 Å². The van der Waals surface area contributed by atoms with Gasteiger partial charge >= 0.3 is 6.18 Å². The average Bonchev–Trinajstić information content (AvgIpc) is 3.33. The Kier molecular flexibility index (Phi) is 6.15. The molecule has 2 aromatic rings. The fourth-order valence-corrected chi connectivity index (χ4v) is 5.77. The van der Waals surface area contributed by atoms with Gasteiger partial charge in [-0.1, -0.05) is 6.07 Å². The highest BCUT2D eigenvalue weighted by atomic mass is 32.2. The molecule has 154 valence electrons. The lowest BCUT2D eigenvalue weighted by Crippen LogP contribution is -2.46. The number of hydrogen-bond donors (Lipinski definition) is 0. The Bertz CT molecular complexity index is 872. The molecule has 2 aromatic heterocycles. The van der Waals surface area contributed by atoms with E-state index in [9.17, 15) is 26.4 Å². The van der Waals surface area contributed by atoms with Crippen molar-refractivity contribution in [1.82, 2.24) is 9.21 Å². The number of alkyl halides is 3. The minimum absolute atomic E-state index is 0.0945. The molecule has 1 saturated heterocycles. The highest BCUT2D eigenvalue weighted by Crippen LogP contribution is 2.28. The predicted octanol–water partition coefficient (Wildman–Crippen LogP) is 3.33. The van der Waals surface area contributed by atoms with Crippen LogP contribution in [0.2, 0.25) is 0 Å². The van der Waals surface area contributed by atoms with Crippen molar-refractivity contribution >= 4 is 27.3 Å². The second kappa shape index (κ2) is 8.26. The van der Waals surface area contributed by atoms with Crippen LogP contribution in [0.15, 0.2) is 44.5 Å². The summed E-state index contributed by atoms with van der Waals surface area (Å²) in [5.74, 6) is -1.04. The van der Waals surface area contributed by atoms with Gasteiger partial charge < -0.3 is 9.32 Å². The lowest BCUT2D eigenvalue weighted by Gasteiger charge is -2.33. The quantitative estimate of drug-likeness (QED) is 0.697. The first-order valence-electron chi connectivity index (χ1n) is 8.58. The second-order valence-electron chi connectivity index (χ2n) is 6.50. The molecule has 0 saturated carbocycles. The molecule has 0 aliphatic carbocycles. The molecule has 1 aliphatic heterocycles. The first kappa shape index (κ1) is 20.9. The lowest BCUT2D eigenvalue weighted by atomic mass is 9.96. The molecular weight excluding hydrogens is 417 g/mol. The molecule has 28 heavy (non-hydrogen) atoms. The molecule has 0 bridgehead atoms. The lowest BCUT2D eigenvalue weighted by molar-refractivity contribution is -0.166. The Labute approximate surface area is 164 Å². The number of carbonyl (C=O) groups is 1. The maximum atomic E-state index is 12.9. The number of rotatable bonds is 6. The van der Waals surface area contributed by atoms with E-state index in [1.54, 1.807) is 17.5 Å². The summed E-state index contributed by atoms with van der Waals surface area (Å²) in [5, 5.41) is 1.66. The topological polar surface area (TPSA) is 70.8 Å². The van der Waals surface area contributed by atoms with Gasteiger partial charge in [0.25, 0.3) is 10.0 Å². The molecular formula is C17H19F3N2O4S2. The third-order valence-electron chi connectivity index (χ3n) is 4.50. The molecule has 1 fully saturated rings. The maximum absolute atomic E-state index is 12.9. The molecule has 0 spiro atoms. The summed E-state index contributed by atoms with van der Waals surface area (Å²) in [5.41, 5.74) is 0. The van der Waals surface area contributed by atoms with Crippen LogP contribution in [0.4, 0.5) is 13.2 Å². The van der Waals surface area contributed by atoms with Crippen LogP contribution in [0.1, 0.15) is 18.6 Å². The Morgan fingerprint density at radius 2 is 1.96 bits per heavy atom. The molecule has 1 amide bonds. The second-order valence-corrected chi connectivity index (χ2v) is 9.61. The van der Waals surface area contributed by atoms with Gasteiger partial charge in [-0.05, 0) is 36.4 Å². The van der Waals surface area contributed by atoms with Crippen molar-refractivity contribution in [3.63, 3.8) is 0 Å². The van der Waals surface area contributed by atoms with E-state index in [0.717, 1.165) is 16.2 Å². The first-order valence-corrected chi connectivity index (χ1v) is 10.9. The van der Waals surface area contributed by atoms with Crippen LogP contribution in [0.25, 0.3) is 0 Å². The van der Waals surface area contributed by atoms with Crippen molar-refractivity contribution in [2.75, 3.05) is 19.6 Å². The minimum Gasteiger partial charge on any atom is -0.467 e. The molecule has 0 unspecified atom stereocenters. The zero-order chi connectivity index (χ0) is 20.4. The SMILES string of the molecule is O=C(C1CCN(S(=O)(=O)c2cccs2)CC1)N(Cc1ccco1)CC(F)(F)F. The molecule has 3 heterocycles. The number of carbonyl (C=O) groups excluding carboxylic acids is 1. The van der Waals surface area contributed by atoms with Crippen LogP contribution in [0.3, 0.4) is 0 Å². The molecule has 0 aromatic carbocycles.